The van der Waals surface area contributed by atoms with Crippen LogP contribution in [0.4, 0.5) is 0 Å². The van der Waals surface area contributed by atoms with Crippen LogP contribution in [0, 0.1) is 0 Å². The maximum absolute atomic E-state index is 11.6. The molecule has 0 aliphatic heterocycles. The van der Waals surface area contributed by atoms with Crippen molar-refractivity contribution in [2.75, 3.05) is 6.35 Å². The molecule has 0 heterocycles. The third-order valence-electron chi connectivity index (χ3n) is 2.21. The van der Waals surface area contributed by atoms with Gasteiger partial charge in [0.2, 0.25) is 6.41 Å². The summed E-state index contributed by atoms with van der Waals surface area (Å²) in [5.41, 5.74) is 0.787. The number of rotatable bonds is 7. The van der Waals surface area contributed by atoms with Crippen LogP contribution < -0.4 is 5.32 Å². The van der Waals surface area contributed by atoms with Crippen LogP contribution >= 0.6 is 7.60 Å². The first-order chi connectivity index (χ1) is 8.92. The van der Waals surface area contributed by atoms with Crippen LogP contribution in [-0.4, -0.2) is 34.6 Å². The lowest BCUT2D eigenvalue weighted by Crippen LogP contribution is -2.39. The Balaban J connectivity index is 2.64. The molecular formula is C11H14NO6P. The zero-order valence-corrected chi connectivity index (χ0v) is 10.8. The van der Waals surface area contributed by atoms with Crippen LogP contribution in [0.1, 0.15) is 5.56 Å². The van der Waals surface area contributed by atoms with E-state index in [0.29, 0.717) is 6.41 Å². The molecule has 0 aromatic heterocycles. The minimum atomic E-state index is -4.42. The van der Waals surface area contributed by atoms with Gasteiger partial charge < -0.3 is 19.8 Å². The van der Waals surface area contributed by atoms with Gasteiger partial charge in [0.15, 0.2) is 6.35 Å². The molecule has 0 unspecified atom stereocenters. The number of carbonyl (C=O) groups excluding carboxylic acids is 2. The standard InChI is InChI=1S/C11H14NO6P/c13-7-12-10(6-9-4-2-1-3-5-9)11(14)18-8-19(15,16)17/h1-5,7,10H,6,8H2,(H,12,13)(H2,15,16,17)/t10-/m0/s1. The normalized spacial score (nSPS) is 12.5. The van der Waals surface area contributed by atoms with Gasteiger partial charge in [0.05, 0.1) is 0 Å². The number of amides is 1. The van der Waals surface area contributed by atoms with Gasteiger partial charge in [-0.3, -0.25) is 9.36 Å². The van der Waals surface area contributed by atoms with Crippen molar-refractivity contribution < 1.29 is 28.7 Å². The molecule has 0 fully saturated rings. The van der Waals surface area contributed by atoms with E-state index in [1.54, 1.807) is 30.3 Å². The molecule has 3 N–H and O–H groups in total. The molecule has 0 aliphatic rings. The summed E-state index contributed by atoms with van der Waals surface area (Å²) < 4.78 is 15.1. The van der Waals surface area contributed by atoms with Crippen LogP contribution in [-0.2, 0) is 25.3 Å². The molecule has 8 heteroatoms. The maximum atomic E-state index is 11.6. The third-order valence-corrected chi connectivity index (χ3v) is 2.68. The second-order valence-corrected chi connectivity index (χ2v) is 5.37. The van der Waals surface area contributed by atoms with E-state index in [0.717, 1.165) is 5.56 Å². The van der Waals surface area contributed by atoms with E-state index in [-0.39, 0.29) is 6.42 Å². The zero-order valence-electron chi connectivity index (χ0n) is 9.93. The molecule has 1 atom stereocenters. The number of carbonyl (C=O) groups is 2. The first-order valence-corrected chi connectivity index (χ1v) is 7.17. The predicted octanol–water partition coefficient (Wildman–Crippen LogP) is 0.0221. The smallest absolute Gasteiger partial charge is 0.362 e. The highest BCUT2D eigenvalue weighted by Gasteiger charge is 2.23. The summed E-state index contributed by atoms with van der Waals surface area (Å²) in [5.74, 6) is -0.890. The maximum Gasteiger partial charge on any atom is 0.362 e. The van der Waals surface area contributed by atoms with Crippen LogP contribution in [0.15, 0.2) is 30.3 Å². The molecule has 0 aliphatic carbocycles. The van der Waals surface area contributed by atoms with Crippen molar-refractivity contribution in [1.82, 2.24) is 5.32 Å². The van der Waals surface area contributed by atoms with Crippen molar-refractivity contribution in [3.8, 4) is 0 Å². The molecule has 1 rings (SSSR count). The summed E-state index contributed by atoms with van der Waals surface area (Å²) >= 11 is 0. The molecule has 0 bridgehead atoms. The number of ether oxygens (including phenoxy) is 1. The van der Waals surface area contributed by atoms with E-state index in [9.17, 15) is 14.2 Å². The Morgan fingerprint density at radius 1 is 1.37 bits per heavy atom. The van der Waals surface area contributed by atoms with Crippen LogP contribution in [0.2, 0.25) is 0 Å². The van der Waals surface area contributed by atoms with Crippen LogP contribution in [0.25, 0.3) is 0 Å². The van der Waals surface area contributed by atoms with E-state index in [2.05, 4.69) is 10.1 Å². The molecule has 1 aromatic carbocycles. The Labute approximate surface area is 109 Å². The summed E-state index contributed by atoms with van der Waals surface area (Å²) in [6, 6.07) is 7.89. The van der Waals surface area contributed by atoms with Gasteiger partial charge in [-0.05, 0) is 5.56 Å². The van der Waals surface area contributed by atoms with Gasteiger partial charge in [-0.15, -0.1) is 0 Å². The second-order valence-electron chi connectivity index (χ2n) is 3.78. The van der Waals surface area contributed by atoms with E-state index in [4.69, 9.17) is 9.79 Å². The van der Waals surface area contributed by atoms with Crippen molar-refractivity contribution in [3.63, 3.8) is 0 Å². The summed E-state index contributed by atoms with van der Waals surface area (Å²) in [6.45, 7) is 0. The van der Waals surface area contributed by atoms with Crippen molar-refractivity contribution in [2.45, 2.75) is 12.5 Å². The first kappa shape index (κ1) is 15.4. The van der Waals surface area contributed by atoms with Crippen molar-refractivity contribution in [1.29, 1.82) is 0 Å². The Bertz CT molecular complexity index is 471. The van der Waals surface area contributed by atoms with Gasteiger partial charge in [-0.25, -0.2) is 4.79 Å². The van der Waals surface area contributed by atoms with E-state index >= 15 is 0 Å². The molecule has 104 valence electrons. The molecule has 0 spiro atoms. The Morgan fingerprint density at radius 2 is 2.00 bits per heavy atom. The molecule has 0 saturated carbocycles. The topological polar surface area (TPSA) is 113 Å². The fourth-order valence-corrected chi connectivity index (χ4v) is 1.69. The van der Waals surface area contributed by atoms with Crippen LogP contribution in [0.3, 0.4) is 0 Å². The fourth-order valence-electron chi connectivity index (χ4n) is 1.39. The number of nitrogens with one attached hydrogen (secondary N) is 1. The highest BCUT2D eigenvalue weighted by Crippen LogP contribution is 2.33. The summed E-state index contributed by atoms with van der Waals surface area (Å²) in [7, 11) is -4.42. The Hall–Kier alpha value is -1.69. The lowest BCUT2D eigenvalue weighted by atomic mass is 10.1. The summed E-state index contributed by atoms with van der Waals surface area (Å²) in [6.07, 6.45) is -0.483. The predicted molar refractivity (Wildman–Crippen MR) is 66.1 cm³/mol. The monoisotopic (exact) mass is 287 g/mol. The largest absolute Gasteiger partial charge is 0.451 e. The average Bonchev–Trinajstić information content (AvgIpc) is 2.36. The van der Waals surface area contributed by atoms with Crippen molar-refractivity contribution >= 4 is 20.0 Å². The molecule has 1 amide bonds. The third kappa shape index (κ3) is 6.15. The lowest BCUT2D eigenvalue weighted by Gasteiger charge is -2.15. The minimum absolute atomic E-state index is 0.180. The number of hydrogen-bond donors (Lipinski definition) is 3. The number of hydrogen-bond acceptors (Lipinski definition) is 4. The van der Waals surface area contributed by atoms with E-state index in [1.807, 2.05) is 0 Å². The summed E-state index contributed by atoms with van der Waals surface area (Å²) in [5, 5.41) is 2.26. The first-order valence-electron chi connectivity index (χ1n) is 5.37. The number of esters is 1. The average molecular weight is 287 g/mol. The minimum Gasteiger partial charge on any atom is -0.451 e. The van der Waals surface area contributed by atoms with Crippen molar-refractivity contribution in [2.24, 2.45) is 0 Å². The van der Waals surface area contributed by atoms with E-state index < -0.39 is 26.0 Å². The molecule has 1 aromatic rings. The quantitative estimate of drug-likeness (QED) is 0.370. The van der Waals surface area contributed by atoms with Gasteiger partial charge in [0.25, 0.3) is 0 Å². The highest BCUT2D eigenvalue weighted by molar-refractivity contribution is 7.51. The van der Waals surface area contributed by atoms with Crippen molar-refractivity contribution in [3.05, 3.63) is 35.9 Å². The van der Waals surface area contributed by atoms with E-state index in [1.165, 1.54) is 0 Å². The Kier molecular flexibility index (Phi) is 5.69. The molecule has 7 nitrogen and oxygen atoms in total. The SMILES string of the molecule is O=CN[C@@H](Cc1ccccc1)C(=O)OCP(=O)(O)O. The highest BCUT2D eigenvalue weighted by atomic mass is 31.2. The van der Waals surface area contributed by atoms with Gasteiger partial charge in [-0.2, -0.15) is 0 Å². The molecule has 0 saturated heterocycles. The molecule has 0 radical (unpaired) electrons. The van der Waals surface area contributed by atoms with Gasteiger partial charge in [0.1, 0.15) is 6.04 Å². The van der Waals surface area contributed by atoms with Gasteiger partial charge in [-0.1, -0.05) is 30.3 Å². The zero-order chi connectivity index (χ0) is 14.3. The number of benzene rings is 1. The van der Waals surface area contributed by atoms with Gasteiger partial charge in [0, 0.05) is 6.42 Å². The summed E-state index contributed by atoms with van der Waals surface area (Å²) in [4.78, 5) is 39.3. The molecular weight excluding hydrogens is 273 g/mol. The van der Waals surface area contributed by atoms with Gasteiger partial charge >= 0.3 is 13.6 Å². The van der Waals surface area contributed by atoms with Crippen LogP contribution in [0.5, 0.6) is 0 Å². The lowest BCUT2D eigenvalue weighted by molar-refractivity contribution is -0.145. The Morgan fingerprint density at radius 3 is 2.53 bits per heavy atom. The fraction of sp³-hybridized carbons (Fsp3) is 0.273. The molecule has 19 heavy (non-hydrogen) atoms. The second kappa shape index (κ2) is 7.04.